The van der Waals surface area contributed by atoms with E-state index in [1.807, 2.05) is 13.0 Å². The third-order valence-corrected chi connectivity index (χ3v) is 4.19. The minimum atomic E-state index is 0.244. The van der Waals surface area contributed by atoms with Crippen LogP contribution in [0.1, 0.15) is 36.1 Å². The molecule has 132 valence electrons. The van der Waals surface area contributed by atoms with Crippen molar-refractivity contribution in [3.63, 3.8) is 0 Å². The molecule has 24 heavy (non-hydrogen) atoms. The first-order chi connectivity index (χ1) is 11.7. The Morgan fingerprint density at radius 1 is 1.29 bits per heavy atom. The van der Waals surface area contributed by atoms with Crippen molar-refractivity contribution in [2.45, 2.75) is 45.4 Å². The maximum Gasteiger partial charge on any atom is 0.252 e. The number of rotatable bonds is 8. The Labute approximate surface area is 141 Å². The van der Waals surface area contributed by atoms with Crippen LogP contribution in [0, 0.1) is 6.92 Å². The van der Waals surface area contributed by atoms with Gasteiger partial charge in [0.15, 0.2) is 5.82 Å². The first kappa shape index (κ1) is 17.1. The number of furan rings is 1. The Bertz CT molecular complexity index is 617. The van der Waals surface area contributed by atoms with Crippen LogP contribution < -0.4 is 0 Å². The zero-order valence-electron chi connectivity index (χ0n) is 14.4. The lowest BCUT2D eigenvalue weighted by Crippen LogP contribution is -2.36. The molecule has 2 aromatic heterocycles. The number of ether oxygens (including phenoxy) is 2. The molecule has 7 nitrogen and oxygen atoms in total. The zero-order valence-corrected chi connectivity index (χ0v) is 14.4. The first-order valence-corrected chi connectivity index (χ1v) is 8.42. The quantitative estimate of drug-likeness (QED) is 0.733. The van der Waals surface area contributed by atoms with Crippen molar-refractivity contribution in [2.75, 3.05) is 26.8 Å². The Kier molecular flexibility index (Phi) is 6.01. The van der Waals surface area contributed by atoms with Crippen molar-refractivity contribution in [3.05, 3.63) is 35.4 Å². The standard InChI is InChI=1S/C17H25N3O4/c1-13-3-4-15(23-13)11-20-8-5-14(6-9-20)22-12-17-18-16(19-24-17)7-10-21-2/h3-4,14H,5-12H2,1-2H3. The largest absolute Gasteiger partial charge is 0.465 e. The van der Waals surface area contributed by atoms with Gasteiger partial charge in [-0.2, -0.15) is 4.98 Å². The Morgan fingerprint density at radius 3 is 2.83 bits per heavy atom. The molecule has 1 aliphatic rings. The summed E-state index contributed by atoms with van der Waals surface area (Å²) in [6, 6.07) is 4.06. The Morgan fingerprint density at radius 2 is 2.12 bits per heavy atom. The average Bonchev–Trinajstić information content (AvgIpc) is 3.21. The molecule has 0 aliphatic carbocycles. The lowest BCUT2D eigenvalue weighted by Gasteiger charge is -2.30. The molecule has 0 bridgehead atoms. The van der Waals surface area contributed by atoms with E-state index in [2.05, 4.69) is 21.1 Å². The maximum atomic E-state index is 5.91. The van der Waals surface area contributed by atoms with Gasteiger partial charge in [0.25, 0.3) is 5.89 Å². The van der Waals surface area contributed by atoms with Crippen LogP contribution in [0.25, 0.3) is 0 Å². The topological polar surface area (TPSA) is 73.8 Å². The van der Waals surface area contributed by atoms with Crippen LogP contribution in [0.15, 0.2) is 21.1 Å². The lowest BCUT2D eigenvalue weighted by molar-refractivity contribution is -0.0146. The molecule has 0 spiro atoms. The predicted octanol–water partition coefficient (Wildman–Crippen LogP) is 2.34. The second-order valence-corrected chi connectivity index (χ2v) is 6.15. The molecule has 0 unspecified atom stereocenters. The van der Waals surface area contributed by atoms with E-state index in [4.69, 9.17) is 18.4 Å². The van der Waals surface area contributed by atoms with Gasteiger partial charge in [0.2, 0.25) is 0 Å². The predicted molar refractivity (Wildman–Crippen MR) is 86.4 cm³/mol. The second kappa shape index (κ2) is 8.41. The second-order valence-electron chi connectivity index (χ2n) is 6.15. The van der Waals surface area contributed by atoms with Crippen molar-refractivity contribution in [1.29, 1.82) is 0 Å². The van der Waals surface area contributed by atoms with Gasteiger partial charge in [-0.3, -0.25) is 4.90 Å². The number of aromatic nitrogens is 2. The Hall–Kier alpha value is -1.70. The van der Waals surface area contributed by atoms with Gasteiger partial charge in [-0.25, -0.2) is 0 Å². The molecular weight excluding hydrogens is 310 g/mol. The number of nitrogens with zero attached hydrogens (tertiary/aromatic N) is 3. The number of aryl methyl sites for hydroxylation is 1. The van der Waals surface area contributed by atoms with Gasteiger partial charge in [-0.15, -0.1) is 0 Å². The summed E-state index contributed by atoms with van der Waals surface area (Å²) >= 11 is 0. The maximum absolute atomic E-state index is 5.91. The smallest absolute Gasteiger partial charge is 0.252 e. The molecule has 0 saturated carbocycles. The van der Waals surface area contributed by atoms with Crippen LogP contribution in [0.3, 0.4) is 0 Å². The van der Waals surface area contributed by atoms with Gasteiger partial charge < -0.3 is 18.4 Å². The molecule has 0 aromatic carbocycles. The molecule has 2 aromatic rings. The van der Waals surface area contributed by atoms with Gasteiger partial charge in [0.1, 0.15) is 18.1 Å². The first-order valence-electron chi connectivity index (χ1n) is 8.42. The van der Waals surface area contributed by atoms with Crippen LogP contribution in [-0.2, 0) is 29.0 Å². The SMILES string of the molecule is COCCc1noc(COC2CCN(Cc3ccc(C)o3)CC2)n1. The van der Waals surface area contributed by atoms with Crippen LogP contribution in [0.4, 0.5) is 0 Å². The van der Waals surface area contributed by atoms with Crippen LogP contribution in [-0.4, -0.2) is 48.0 Å². The van der Waals surface area contributed by atoms with Gasteiger partial charge in [0.05, 0.1) is 19.3 Å². The van der Waals surface area contributed by atoms with E-state index in [9.17, 15) is 0 Å². The summed E-state index contributed by atoms with van der Waals surface area (Å²) in [4.78, 5) is 6.70. The average molecular weight is 335 g/mol. The molecule has 1 fully saturated rings. The minimum absolute atomic E-state index is 0.244. The molecule has 1 saturated heterocycles. The van der Waals surface area contributed by atoms with Gasteiger partial charge >= 0.3 is 0 Å². The molecule has 0 atom stereocenters. The third kappa shape index (κ3) is 4.90. The molecule has 0 radical (unpaired) electrons. The van der Waals surface area contributed by atoms with E-state index in [0.717, 1.165) is 44.0 Å². The Balaban J connectivity index is 1.37. The fourth-order valence-corrected chi connectivity index (χ4v) is 2.86. The van der Waals surface area contributed by atoms with Gasteiger partial charge in [-0.05, 0) is 31.9 Å². The van der Waals surface area contributed by atoms with E-state index in [1.54, 1.807) is 7.11 Å². The number of hydrogen-bond donors (Lipinski definition) is 0. The highest BCUT2D eigenvalue weighted by molar-refractivity contribution is 5.05. The van der Waals surface area contributed by atoms with E-state index in [0.29, 0.717) is 31.3 Å². The molecule has 3 rings (SSSR count). The monoisotopic (exact) mass is 335 g/mol. The van der Waals surface area contributed by atoms with E-state index in [1.165, 1.54) is 0 Å². The van der Waals surface area contributed by atoms with E-state index < -0.39 is 0 Å². The molecule has 0 amide bonds. The van der Waals surface area contributed by atoms with Crippen LogP contribution in [0.5, 0.6) is 0 Å². The summed E-state index contributed by atoms with van der Waals surface area (Å²) in [7, 11) is 1.66. The number of methoxy groups -OCH3 is 1. The van der Waals surface area contributed by atoms with Crippen LogP contribution >= 0.6 is 0 Å². The highest BCUT2D eigenvalue weighted by atomic mass is 16.5. The summed E-state index contributed by atoms with van der Waals surface area (Å²) in [5.74, 6) is 3.20. The fraction of sp³-hybridized carbons (Fsp3) is 0.647. The summed E-state index contributed by atoms with van der Waals surface area (Å²) in [6.07, 6.45) is 2.91. The lowest BCUT2D eigenvalue weighted by atomic mass is 10.1. The van der Waals surface area contributed by atoms with Crippen molar-refractivity contribution in [1.82, 2.24) is 15.0 Å². The third-order valence-electron chi connectivity index (χ3n) is 4.19. The van der Waals surface area contributed by atoms with Crippen molar-refractivity contribution < 1.29 is 18.4 Å². The van der Waals surface area contributed by atoms with Gasteiger partial charge in [-0.1, -0.05) is 5.16 Å². The molecular formula is C17H25N3O4. The van der Waals surface area contributed by atoms with Crippen molar-refractivity contribution in [2.24, 2.45) is 0 Å². The summed E-state index contributed by atoms with van der Waals surface area (Å²) in [5, 5.41) is 3.91. The fourth-order valence-electron chi connectivity index (χ4n) is 2.86. The summed E-state index contributed by atoms with van der Waals surface area (Å²) in [5.41, 5.74) is 0. The number of hydrogen-bond acceptors (Lipinski definition) is 7. The van der Waals surface area contributed by atoms with E-state index in [-0.39, 0.29) is 6.10 Å². The van der Waals surface area contributed by atoms with Crippen molar-refractivity contribution >= 4 is 0 Å². The normalized spacial score (nSPS) is 16.8. The molecule has 1 aliphatic heterocycles. The van der Waals surface area contributed by atoms with Crippen molar-refractivity contribution in [3.8, 4) is 0 Å². The van der Waals surface area contributed by atoms with Gasteiger partial charge in [0, 0.05) is 26.6 Å². The minimum Gasteiger partial charge on any atom is -0.465 e. The highest BCUT2D eigenvalue weighted by Crippen LogP contribution is 2.18. The molecule has 7 heteroatoms. The number of piperidine rings is 1. The van der Waals surface area contributed by atoms with E-state index >= 15 is 0 Å². The van der Waals surface area contributed by atoms with Crippen LogP contribution in [0.2, 0.25) is 0 Å². The molecule has 0 N–H and O–H groups in total. The number of likely N-dealkylation sites (tertiary alicyclic amines) is 1. The highest BCUT2D eigenvalue weighted by Gasteiger charge is 2.21. The summed E-state index contributed by atoms with van der Waals surface area (Å²) in [6.45, 7) is 5.82. The zero-order chi connectivity index (χ0) is 16.8. The molecule has 3 heterocycles. The summed E-state index contributed by atoms with van der Waals surface area (Å²) < 4.78 is 21.7.